The van der Waals surface area contributed by atoms with Crippen molar-refractivity contribution in [2.24, 2.45) is 17.6 Å². The Morgan fingerprint density at radius 1 is 1.14 bits per heavy atom. The topological polar surface area (TPSA) is 87.9 Å². The molecule has 2 fully saturated rings. The number of piperidine rings is 1. The summed E-state index contributed by atoms with van der Waals surface area (Å²) in [6.07, 6.45) is 3.69. The minimum absolute atomic E-state index is 0. The van der Waals surface area contributed by atoms with Crippen LogP contribution in [0.4, 0.5) is 0 Å². The number of carbonyl (C=O) groups excluding carboxylic acids is 2. The molecule has 0 bridgehead atoms. The SMILES string of the molecule is CCC(CC)C(C(=O)N1CCCC(C(=O)NCCN)C1)N1CCOCC1.Cl.Cl. The van der Waals surface area contributed by atoms with E-state index in [1.807, 2.05) is 4.90 Å². The van der Waals surface area contributed by atoms with Gasteiger partial charge in [0.05, 0.1) is 25.2 Å². The van der Waals surface area contributed by atoms with Gasteiger partial charge in [-0.05, 0) is 18.8 Å². The van der Waals surface area contributed by atoms with Gasteiger partial charge in [-0.3, -0.25) is 14.5 Å². The molecular weight excluding hydrogens is 403 g/mol. The Morgan fingerprint density at radius 3 is 2.36 bits per heavy atom. The van der Waals surface area contributed by atoms with Crippen molar-refractivity contribution in [1.29, 1.82) is 0 Å². The number of hydrogen-bond donors (Lipinski definition) is 2. The Kier molecular flexibility index (Phi) is 14.1. The number of nitrogens with one attached hydrogen (secondary N) is 1. The first kappa shape index (κ1) is 27.4. The van der Waals surface area contributed by atoms with Crippen LogP contribution in [0.1, 0.15) is 39.5 Å². The summed E-state index contributed by atoms with van der Waals surface area (Å²) in [4.78, 5) is 30.0. The summed E-state index contributed by atoms with van der Waals surface area (Å²) in [5.74, 6) is 0.439. The molecule has 0 aromatic carbocycles. The minimum atomic E-state index is -0.119. The van der Waals surface area contributed by atoms with Crippen LogP contribution in [0.15, 0.2) is 0 Å². The van der Waals surface area contributed by atoms with Crippen LogP contribution < -0.4 is 11.1 Å². The first-order chi connectivity index (χ1) is 12.6. The number of halogens is 2. The number of amides is 2. The summed E-state index contributed by atoms with van der Waals surface area (Å²) in [7, 11) is 0. The number of rotatable bonds is 8. The number of ether oxygens (including phenoxy) is 1. The normalized spacial score (nSPS) is 21.4. The smallest absolute Gasteiger partial charge is 0.240 e. The van der Waals surface area contributed by atoms with Crippen molar-refractivity contribution in [3.8, 4) is 0 Å². The predicted octanol–water partition coefficient (Wildman–Crippen LogP) is 1.28. The molecule has 0 aromatic heterocycles. The highest BCUT2D eigenvalue weighted by Crippen LogP contribution is 2.25. The van der Waals surface area contributed by atoms with Crippen molar-refractivity contribution in [2.45, 2.75) is 45.6 Å². The lowest BCUT2D eigenvalue weighted by molar-refractivity contribution is -0.144. The van der Waals surface area contributed by atoms with Crippen LogP contribution in [0.5, 0.6) is 0 Å². The summed E-state index contributed by atoms with van der Waals surface area (Å²) in [6, 6.07) is -0.0975. The first-order valence-corrected chi connectivity index (χ1v) is 10.2. The molecular formula is C19H38Cl2N4O3. The molecule has 2 rings (SSSR count). The largest absolute Gasteiger partial charge is 0.379 e. The summed E-state index contributed by atoms with van der Waals surface area (Å²) < 4.78 is 5.48. The van der Waals surface area contributed by atoms with E-state index in [9.17, 15) is 9.59 Å². The molecule has 0 spiro atoms. The number of carbonyl (C=O) groups is 2. The van der Waals surface area contributed by atoms with Crippen LogP contribution in [-0.4, -0.2) is 80.1 Å². The number of nitrogens with zero attached hydrogens (tertiary/aromatic N) is 2. The second-order valence-electron chi connectivity index (χ2n) is 7.37. The number of morpholine rings is 1. The molecule has 2 amide bonds. The number of likely N-dealkylation sites (tertiary alicyclic amines) is 1. The van der Waals surface area contributed by atoms with E-state index in [1.165, 1.54) is 0 Å². The third-order valence-electron chi connectivity index (χ3n) is 5.73. The predicted molar refractivity (Wildman–Crippen MR) is 116 cm³/mol. The van der Waals surface area contributed by atoms with Gasteiger partial charge in [0.2, 0.25) is 11.8 Å². The second-order valence-corrected chi connectivity index (χ2v) is 7.37. The quantitative estimate of drug-likeness (QED) is 0.593. The van der Waals surface area contributed by atoms with Crippen LogP contribution >= 0.6 is 24.8 Å². The summed E-state index contributed by atoms with van der Waals surface area (Å²) in [5, 5.41) is 2.87. The molecule has 3 N–H and O–H groups in total. The van der Waals surface area contributed by atoms with Crippen molar-refractivity contribution in [2.75, 3.05) is 52.5 Å². The summed E-state index contributed by atoms with van der Waals surface area (Å²) >= 11 is 0. The fourth-order valence-electron chi connectivity index (χ4n) is 4.16. The molecule has 2 unspecified atom stereocenters. The maximum absolute atomic E-state index is 13.4. The van der Waals surface area contributed by atoms with Crippen molar-refractivity contribution in [3.05, 3.63) is 0 Å². The van der Waals surface area contributed by atoms with Gasteiger partial charge >= 0.3 is 0 Å². The van der Waals surface area contributed by atoms with Crippen molar-refractivity contribution >= 4 is 36.6 Å². The Labute approximate surface area is 181 Å². The monoisotopic (exact) mass is 440 g/mol. The molecule has 2 heterocycles. The van der Waals surface area contributed by atoms with E-state index in [4.69, 9.17) is 10.5 Å². The molecule has 0 aromatic rings. The maximum atomic E-state index is 13.4. The molecule has 2 aliphatic heterocycles. The van der Waals surface area contributed by atoms with E-state index in [2.05, 4.69) is 24.1 Å². The lowest BCUT2D eigenvalue weighted by Crippen LogP contribution is -2.57. The van der Waals surface area contributed by atoms with Crippen LogP contribution in [0.2, 0.25) is 0 Å². The van der Waals surface area contributed by atoms with Crippen LogP contribution in [-0.2, 0) is 14.3 Å². The van der Waals surface area contributed by atoms with Gasteiger partial charge in [-0.15, -0.1) is 24.8 Å². The highest BCUT2D eigenvalue weighted by Gasteiger charge is 2.38. The fourth-order valence-corrected chi connectivity index (χ4v) is 4.16. The molecule has 28 heavy (non-hydrogen) atoms. The van der Waals surface area contributed by atoms with E-state index in [1.54, 1.807) is 0 Å². The Bertz CT molecular complexity index is 460. The standard InChI is InChI=1S/C19H36N4O3.2ClH/c1-3-15(4-2)17(22-10-12-26-13-11-22)19(25)23-9-5-6-16(14-23)18(24)21-8-7-20;;/h15-17H,3-14,20H2,1-2H3,(H,21,24);2*1H. The Morgan fingerprint density at radius 2 is 1.79 bits per heavy atom. The summed E-state index contributed by atoms with van der Waals surface area (Å²) in [5.41, 5.74) is 5.47. The van der Waals surface area contributed by atoms with Gasteiger partial charge in [0.15, 0.2) is 0 Å². The highest BCUT2D eigenvalue weighted by molar-refractivity contribution is 5.86. The third-order valence-corrected chi connectivity index (χ3v) is 5.73. The lowest BCUT2D eigenvalue weighted by atomic mass is 9.89. The van der Waals surface area contributed by atoms with Crippen LogP contribution in [0.25, 0.3) is 0 Å². The number of hydrogen-bond acceptors (Lipinski definition) is 5. The molecule has 0 saturated carbocycles. The molecule has 9 heteroatoms. The molecule has 2 atom stereocenters. The summed E-state index contributed by atoms with van der Waals surface area (Å²) in [6.45, 7) is 9.52. The van der Waals surface area contributed by atoms with Crippen molar-refractivity contribution < 1.29 is 14.3 Å². The first-order valence-electron chi connectivity index (χ1n) is 10.2. The zero-order valence-corrected chi connectivity index (χ0v) is 18.9. The van der Waals surface area contributed by atoms with E-state index in [-0.39, 0.29) is 48.6 Å². The second kappa shape index (κ2) is 14.4. The van der Waals surface area contributed by atoms with Gasteiger partial charge < -0.3 is 20.7 Å². The van der Waals surface area contributed by atoms with Gasteiger partial charge in [0.25, 0.3) is 0 Å². The molecule has 2 aliphatic rings. The van der Waals surface area contributed by atoms with Crippen LogP contribution in [0.3, 0.4) is 0 Å². The van der Waals surface area contributed by atoms with E-state index in [0.29, 0.717) is 38.8 Å². The zero-order chi connectivity index (χ0) is 18.9. The number of nitrogens with two attached hydrogens (primary N) is 1. The van der Waals surface area contributed by atoms with E-state index < -0.39 is 0 Å². The van der Waals surface area contributed by atoms with Gasteiger partial charge in [-0.25, -0.2) is 0 Å². The van der Waals surface area contributed by atoms with Gasteiger partial charge in [-0.2, -0.15) is 0 Å². The molecule has 0 aliphatic carbocycles. The van der Waals surface area contributed by atoms with E-state index in [0.717, 1.165) is 45.3 Å². The maximum Gasteiger partial charge on any atom is 0.240 e. The van der Waals surface area contributed by atoms with E-state index >= 15 is 0 Å². The lowest BCUT2D eigenvalue weighted by Gasteiger charge is -2.42. The highest BCUT2D eigenvalue weighted by atomic mass is 35.5. The van der Waals surface area contributed by atoms with Gasteiger partial charge in [0, 0.05) is 39.3 Å². The van der Waals surface area contributed by atoms with Gasteiger partial charge in [-0.1, -0.05) is 26.7 Å². The minimum Gasteiger partial charge on any atom is -0.379 e. The fraction of sp³-hybridized carbons (Fsp3) is 0.895. The average molecular weight is 441 g/mol. The van der Waals surface area contributed by atoms with Crippen molar-refractivity contribution in [3.63, 3.8) is 0 Å². The van der Waals surface area contributed by atoms with Gasteiger partial charge in [0.1, 0.15) is 0 Å². The average Bonchev–Trinajstić information content (AvgIpc) is 2.70. The van der Waals surface area contributed by atoms with Crippen molar-refractivity contribution in [1.82, 2.24) is 15.1 Å². The molecule has 0 radical (unpaired) electrons. The Balaban J connectivity index is 0.00000364. The Hall–Kier alpha value is -0.600. The molecule has 7 nitrogen and oxygen atoms in total. The molecule has 2 saturated heterocycles. The molecule has 166 valence electrons. The van der Waals surface area contributed by atoms with Crippen LogP contribution in [0, 0.1) is 11.8 Å². The third kappa shape index (κ3) is 7.34. The zero-order valence-electron chi connectivity index (χ0n) is 17.2.